The van der Waals surface area contributed by atoms with Gasteiger partial charge in [-0.15, -0.1) is 0 Å². The molecule has 1 aromatic carbocycles. The Hall–Kier alpha value is -4.30. The van der Waals surface area contributed by atoms with Crippen molar-refractivity contribution in [3.63, 3.8) is 0 Å². The second kappa shape index (κ2) is 11.0. The van der Waals surface area contributed by atoms with E-state index in [0.29, 0.717) is 18.8 Å². The van der Waals surface area contributed by atoms with Gasteiger partial charge in [0.1, 0.15) is 17.2 Å². The molecule has 10 nitrogen and oxygen atoms in total. The Morgan fingerprint density at radius 1 is 1.18 bits per heavy atom. The first-order valence-corrected chi connectivity index (χ1v) is 11.1. The number of pyridine rings is 1. The second-order valence-corrected chi connectivity index (χ2v) is 8.08. The average Bonchev–Trinajstić information content (AvgIpc) is 3.38. The first kappa shape index (κ1) is 26.8. The van der Waals surface area contributed by atoms with Gasteiger partial charge < -0.3 is 20.5 Å². The molecule has 198 valence electrons. The van der Waals surface area contributed by atoms with E-state index in [0.717, 1.165) is 23.0 Å². The molecule has 15 heteroatoms. The average molecular weight is 552 g/mol. The lowest BCUT2D eigenvalue weighted by Gasteiger charge is -2.14. The quantitative estimate of drug-likeness (QED) is 0.194. The molecule has 0 amide bonds. The molecule has 4 rings (SSSR count). The summed E-state index contributed by atoms with van der Waals surface area (Å²) in [6.07, 6.45) is -1.06. The molecule has 0 fully saturated rings. The van der Waals surface area contributed by atoms with Gasteiger partial charge >= 0.3 is 12.1 Å². The van der Waals surface area contributed by atoms with Gasteiger partial charge in [-0.1, -0.05) is 11.6 Å². The molecular formula is C23H18ClF4N7O3. The third kappa shape index (κ3) is 5.98. The molecule has 0 aliphatic heterocycles. The van der Waals surface area contributed by atoms with Gasteiger partial charge in [0.15, 0.2) is 11.5 Å². The molecule has 0 radical (unpaired) electrons. The summed E-state index contributed by atoms with van der Waals surface area (Å²) in [6, 6.07) is 5.81. The Bertz CT molecular complexity index is 1480. The molecule has 0 saturated carbocycles. The molecule has 38 heavy (non-hydrogen) atoms. The van der Waals surface area contributed by atoms with Gasteiger partial charge in [0.25, 0.3) is 0 Å². The molecule has 0 spiro atoms. The van der Waals surface area contributed by atoms with Gasteiger partial charge in [0.05, 0.1) is 11.6 Å². The third-order valence-electron chi connectivity index (χ3n) is 5.07. The standard InChI is InChI=1S/C23H18ClF4N7O3/c1-38-7-5-29-19-14(21(36)37)8-12(10-30-19)15-11-31-22(32-13-2-3-17(25)16(24)9-13)33-20(15)35-6-4-18(34-35)23(26,27)28/h2-4,6,8-11H,5,7H2,1H3,(H,29,30)(H,36,37)(H,31,32,33). The van der Waals surface area contributed by atoms with E-state index in [4.69, 9.17) is 16.3 Å². The maximum Gasteiger partial charge on any atom is 0.435 e. The lowest BCUT2D eigenvalue weighted by molar-refractivity contribution is -0.141. The highest BCUT2D eigenvalue weighted by Gasteiger charge is 2.34. The summed E-state index contributed by atoms with van der Waals surface area (Å²) < 4.78 is 59.0. The van der Waals surface area contributed by atoms with Crippen molar-refractivity contribution in [2.75, 3.05) is 30.9 Å². The number of nitrogens with zero attached hydrogens (tertiary/aromatic N) is 5. The first-order chi connectivity index (χ1) is 18.1. The predicted octanol–water partition coefficient (Wildman–Crippen LogP) is 5.04. The Labute approximate surface area is 217 Å². The summed E-state index contributed by atoms with van der Waals surface area (Å²) >= 11 is 5.81. The van der Waals surface area contributed by atoms with Gasteiger partial charge in [-0.3, -0.25) is 0 Å². The zero-order valence-corrected chi connectivity index (χ0v) is 20.2. The van der Waals surface area contributed by atoms with Crippen LogP contribution in [0.2, 0.25) is 5.02 Å². The molecule has 0 bridgehead atoms. The van der Waals surface area contributed by atoms with Crippen LogP contribution in [0, 0.1) is 5.82 Å². The lowest BCUT2D eigenvalue weighted by atomic mass is 10.1. The summed E-state index contributed by atoms with van der Waals surface area (Å²) in [6.45, 7) is 0.591. The van der Waals surface area contributed by atoms with Crippen LogP contribution < -0.4 is 10.6 Å². The fourth-order valence-corrected chi connectivity index (χ4v) is 3.48. The normalized spacial score (nSPS) is 11.4. The van der Waals surface area contributed by atoms with Crippen LogP contribution in [-0.4, -0.2) is 56.1 Å². The number of alkyl halides is 3. The molecule has 0 unspecified atom stereocenters. The number of carboxylic acids is 1. The summed E-state index contributed by atoms with van der Waals surface area (Å²) in [5.41, 5.74) is -0.695. The highest BCUT2D eigenvalue weighted by molar-refractivity contribution is 6.31. The Kier molecular flexibility index (Phi) is 7.73. The van der Waals surface area contributed by atoms with Gasteiger partial charge in [-0.25, -0.2) is 23.8 Å². The molecular weight excluding hydrogens is 534 g/mol. The number of aromatic nitrogens is 5. The number of ether oxygens (including phenoxy) is 1. The number of anilines is 3. The number of carboxylic acid groups (broad SMARTS) is 1. The minimum absolute atomic E-state index is 0.0697. The van der Waals surface area contributed by atoms with Crippen LogP contribution in [0.4, 0.5) is 35.0 Å². The van der Waals surface area contributed by atoms with E-state index in [1.54, 1.807) is 0 Å². The van der Waals surface area contributed by atoms with Crippen molar-refractivity contribution in [1.29, 1.82) is 0 Å². The summed E-state index contributed by atoms with van der Waals surface area (Å²) in [4.78, 5) is 24.5. The highest BCUT2D eigenvalue weighted by atomic mass is 35.5. The van der Waals surface area contributed by atoms with E-state index in [1.807, 2.05) is 0 Å². The monoisotopic (exact) mass is 551 g/mol. The molecule has 0 aliphatic carbocycles. The van der Waals surface area contributed by atoms with E-state index in [-0.39, 0.29) is 39.3 Å². The minimum atomic E-state index is -4.71. The van der Waals surface area contributed by atoms with Gasteiger partial charge in [0.2, 0.25) is 5.95 Å². The number of benzene rings is 1. The number of hydrogen-bond acceptors (Lipinski definition) is 8. The largest absolute Gasteiger partial charge is 0.478 e. The molecule has 3 heterocycles. The van der Waals surface area contributed by atoms with Crippen molar-refractivity contribution in [2.45, 2.75) is 6.18 Å². The molecule has 3 aromatic heterocycles. The number of rotatable bonds is 9. The molecule has 3 N–H and O–H groups in total. The second-order valence-electron chi connectivity index (χ2n) is 7.67. The maximum absolute atomic E-state index is 13.5. The van der Waals surface area contributed by atoms with Crippen LogP contribution in [0.15, 0.2) is 48.9 Å². The molecule has 0 aliphatic rings. The van der Waals surface area contributed by atoms with Gasteiger partial charge in [-0.05, 0) is 30.3 Å². The zero-order valence-electron chi connectivity index (χ0n) is 19.4. The Morgan fingerprint density at radius 2 is 1.97 bits per heavy atom. The maximum atomic E-state index is 13.5. The van der Waals surface area contributed by atoms with Gasteiger partial charge in [0, 0.05) is 49.1 Å². The topological polar surface area (TPSA) is 127 Å². The third-order valence-corrected chi connectivity index (χ3v) is 5.36. The number of carbonyl (C=O) groups is 1. The number of nitrogens with one attached hydrogen (secondary N) is 2. The van der Waals surface area contributed by atoms with Crippen LogP contribution in [0.25, 0.3) is 16.9 Å². The van der Waals surface area contributed by atoms with Crippen molar-refractivity contribution >= 4 is 35.0 Å². The fourth-order valence-electron chi connectivity index (χ4n) is 3.29. The van der Waals surface area contributed by atoms with Crippen LogP contribution in [-0.2, 0) is 10.9 Å². The van der Waals surface area contributed by atoms with Crippen LogP contribution in [0.3, 0.4) is 0 Å². The van der Waals surface area contributed by atoms with Crippen molar-refractivity contribution in [3.05, 3.63) is 71.0 Å². The van der Waals surface area contributed by atoms with E-state index in [9.17, 15) is 27.5 Å². The number of hydrogen-bond donors (Lipinski definition) is 3. The van der Waals surface area contributed by atoms with Crippen molar-refractivity contribution in [3.8, 4) is 16.9 Å². The number of methoxy groups -OCH3 is 1. The Balaban J connectivity index is 1.80. The molecule has 4 aromatic rings. The van der Waals surface area contributed by atoms with E-state index in [1.165, 1.54) is 37.7 Å². The van der Waals surface area contributed by atoms with Crippen LogP contribution in [0.1, 0.15) is 16.1 Å². The van der Waals surface area contributed by atoms with E-state index < -0.39 is 23.7 Å². The molecule has 0 atom stereocenters. The first-order valence-electron chi connectivity index (χ1n) is 10.8. The van der Waals surface area contributed by atoms with Crippen LogP contribution >= 0.6 is 11.6 Å². The Morgan fingerprint density at radius 3 is 2.63 bits per heavy atom. The summed E-state index contributed by atoms with van der Waals surface area (Å²) in [5, 5.41) is 18.7. The van der Waals surface area contributed by atoms with Crippen LogP contribution in [0.5, 0.6) is 0 Å². The van der Waals surface area contributed by atoms with E-state index >= 15 is 0 Å². The van der Waals surface area contributed by atoms with Crippen molar-refractivity contribution < 1.29 is 32.2 Å². The lowest BCUT2D eigenvalue weighted by Crippen LogP contribution is -2.13. The predicted molar refractivity (Wildman–Crippen MR) is 129 cm³/mol. The smallest absolute Gasteiger partial charge is 0.435 e. The zero-order chi connectivity index (χ0) is 27.4. The minimum Gasteiger partial charge on any atom is -0.478 e. The summed E-state index contributed by atoms with van der Waals surface area (Å²) in [5.74, 6) is -2.03. The number of halogens is 5. The van der Waals surface area contributed by atoms with Crippen molar-refractivity contribution in [1.82, 2.24) is 24.7 Å². The SMILES string of the molecule is COCCNc1ncc(-c2cnc(Nc3ccc(F)c(Cl)c3)nc2-n2ccc(C(F)(F)F)n2)cc1C(=O)O. The number of aromatic carboxylic acids is 1. The molecule has 0 saturated heterocycles. The van der Waals surface area contributed by atoms with Crippen molar-refractivity contribution in [2.24, 2.45) is 0 Å². The van der Waals surface area contributed by atoms with Gasteiger partial charge in [-0.2, -0.15) is 23.3 Å². The summed E-state index contributed by atoms with van der Waals surface area (Å²) in [7, 11) is 1.49. The highest BCUT2D eigenvalue weighted by Crippen LogP contribution is 2.31. The fraction of sp³-hybridized carbons (Fsp3) is 0.174. The van der Waals surface area contributed by atoms with E-state index in [2.05, 4.69) is 30.7 Å².